The van der Waals surface area contributed by atoms with Crippen LogP contribution in [0.4, 0.5) is 0 Å². The number of hydrogen-bond donors (Lipinski definition) is 1. The third-order valence-electron chi connectivity index (χ3n) is 2.66. The lowest BCUT2D eigenvalue weighted by molar-refractivity contribution is 0.493. The van der Waals surface area contributed by atoms with Crippen molar-refractivity contribution in [1.82, 2.24) is 5.32 Å². The third kappa shape index (κ3) is 2.96. The molecule has 1 saturated heterocycles. The standard InChI is InChI=1S/C11H15NO3S/c1-16(13,14)15-11-4-2-9(3-5-11)10-6-7-12-8-10/h2-5,10,12H,6-8H2,1H3. The van der Waals surface area contributed by atoms with Crippen LogP contribution in [0.15, 0.2) is 24.3 Å². The Balaban J connectivity index is 2.10. The van der Waals surface area contributed by atoms with E-state index in [0.717, 1.165) is 25.8 Å². The van der Waals surface area contributed by atoms with Crippen LogP contribution in [0.25, 0.3) is 0 Å². The summed E-state index contributed by atoms with van der Waals surface area (Å²) < 4.78 is 26.6. The number of rotatable bonds is 3. The first-order chi connectivity index (χ1) is 7.54. The van der Waals surface area contributed by atoms with Crippen LogP contribution in [0.2, 0.25) is 0 Å². The van der Waals surface area contributed by atoms with Crippen LogP contribution in [0.1, 0.15) is 17.9 Å². The molecule has 1 heterocycles. The van der Waals surface area contributed by atoms with Crippen molar-refractivity contribution in [3.05, 3.63) is 29.8 Å². The van der Waals surface area contributed by atoms with Crippen molar-refractivity contribution in [2.45, 2.75) is 12.3 Å². The molecule has 1 unspecified atom stereocenters. The maximum atomic E-state index is 10.9. The van der Waals surface area contributed by atoms with Gasteiger partial charge in [0.15, 0.2) is 0 Å². The summed E-state index contributed by atoms with van der Waals surface area (Å²) in [5, 5.41) is 3.30. The fourth-order valence-corrected chi connectivity index (χ4v) is 2.37. The molecule has 0 aromatic heterocycles. The Morgan fingerprint density at radius 3 is 2.50 bits per heavy atom. The molecule has 1 aromatic rings. The highest BCUT2D eigenvalue weighted by Crippen LogP contribution is 2.24. The van der Waals surface area contributed by atoms with Gasteiger partial charge in [0.05, 0.1) is 6.26 Å². The smallest absolute Gasteiger partial charge is 0.306 e. The van der Waals surface area contributed by atoms with Crippen molar-refractivity contribution < 1.29 is 12.6 Å². The van der Waals surface area contributed by atoms with Crippen LogP contribution in [0.3, 0.4) is 0 Å². The second kappa shape index (κ2) is 4.43. The normalized spacial score (nSPS) is 20.9. The topological polar surface area (TPSA) is 55.4 Å². The van der Waals surface area contributed by atoms with E-state index in [4.69, 9.17) is 4.18 Å². The van der Waals surface area contributed by atoms with Gasteiger partial charge in [0.1, 0.15) is 5.75 Å². The molecule has 0 spiro atoms. The molecule has 1 aliphatic rings. The summed E-state index contributed by atoms with van der Waals surface area (Å²) in [4.78, 5) is 0. The SMILES string of the molecule is CS(=O)(=O)Oc1ccc(C2CCNC2)cc1. The van der Waals surface area contributed by atoms with Crippen molar-refractivity contribution in [2.75, 3.05) is 19.3 Å². The van der Waals surface area contributed by atoms with Crippen molar-refractivity contribution in [3.8, 4) is 5.75 Å². The molecule has 4 nitrogen and oxygen atoms in total. The summed E-state index contributed by atoms with van der Waals surface area (Å²) in [5.41, 5.74) is 1.23. The molecular weight excluding hydrogens is 226 g/mol. The lowest BCUT2D eigenvalue weighted by Crippen LogP contribution is -2.08. The zero-order valence-corrected chi connectivity index (χ0v) is 9.96. The first-order valence-electron chi connectivity index (χ1n) is 5.25. The molecule has 1 N–H and O–H groups in total. The number of hydrogen-bond acceptors (Lipinski definition) is 4. The molecule has 0 saturated carbocycles. The van der Waals surface area contributed by atoms with Gasteiger partial charge in [0.2, 0.25) is 0 Å². The van der Waals surface area contributed by atoms with Crippen LogP contribution in [-0.4, -0.2) is 27.8 Å². The van der Waals surface area contributed by atoms with Crippen molar-refractivity contribution in [2.24, 2.45) is 0 Å². The van der Waals surface area contributed by atoms with Gasteiger partial charge >= 0.3 is 10.1 Å². The molecule has 0 radical (unpaired) electrons. The molecule has 0 amide bonds. The Labute approximate surface area is 95.7 Å². The van der Waals surface area contributed by atoms with Crippen LogP contribution < -0.4 is 9.50 Å². The lowest BCUT2D eigenvalue weighted by Gasteiger charge is -2.09. The fourth-order valence-electron chi connectivity index (χ4n) is 1.91. The zero-order valence-electron chi connectivity index (χ0n) is 9.14. The number of nitrogens with one attached hydrogen (secondary N) is 1. The molecule has 2 rings (SSSR count). The molecule has 0 aliphatic carbocycles. The largest absolute Gasteiger partial charge is 0.383 e. The predicted octanol–water partition coefficient (Wildman–Crippen LogP) is 1.10. The Kier molecular flexibility index (Phi) is 3.16. The molecule has 5 heteroatoms. The van der Waals surface area contributed by atoms with Crippen LogP contribution in [0, 0.1) is 0 Å². The second-order valence-electron chi connectivity index (χ2n) is 4.05. The quantitative estimate of drug-likeness (QED) is 0.805. The summed E-state index contributed by atoms with van der Waals surface area (Å²) in [6, 6.07) is 7.26. The van der Waals surface area contributed by atoms with E-state index in [2.05, 4.69) is 5.32 Å². The Morgan fingerprint density at radius 1 is 1.31 bits per heavy atom. The maximum absolute atomic E-state index is 10.9. The third-order valence-corrected chi connectivity index (χ3v) is 3.15. The summed E-state index contributed by atoms with van der Waals surface area (Å²) in [7, 11) is -3.42. The minimum Gasteiger partial charge on any atom is -0.383 e. The van der Waals surface area contributed by atoms with E-state index >= 15 is 0 Å². The van der Waals surface area contributed by atoms with Gasteiger partial charge in [-0.05, 0) is 36.6 Å². The van der Waals surface area contributed by atoms with Gasteiger partial charge in [-0.2, -0.15) is 8.42 Å². The van der Waals surface area contributed by atoms with Gasteiger partial charge in [0.25, 0.3) is 0 Å². The van der Waals surface area contributed by atoms with Crippen LogP contribution in [-0.2, 0) is 10.1 Å². The van der Waals surface area contributed by atoms with E-state index in [1.165, 1.54) is 5.56 Å². The highest BCUT2D eigenvalue weighted by Gasteiger charge is 2.16. The minimum atomic E-state index is -3.42. The minimum absolute atomic E-state index is 0.372. The van der Waals surface area contributed by atoms with E-state index in [9.17, 15) is 8.42 Å². The summed E-state index contributed by atoms with van der Waals surface area (Å²) in [5.74, 6) is 0.907. The van der Waals surface area contributed by atoms with Crippen molar-refractivity contribution in [3.63, 3.8) is 0 Å². The van der Waals surface area contributed by atoms with E-state index in [-0.39, 0.29) is 0 Å². The summed E-state index contributed by atoms with van der Waals surface area (Å²) in [6.07, 6.45) is 2.17. The molecule has 16 heavy (non-hydrogen) atoms. The average molecular weight is 241 g/mol. The van der Waals surface area contributed by atoms with E-state index in [0.29, 0.717) is 11.7 Å². The van der Waals surface area contributed by atoms with Gasteiger partial charge in [-0.3, -0.25) is 0 Å². The number of benzene rings is 1. The molecule has 1 aliphatic heterocycles. The first-order valence-corrected chi connectivity index (χ1v) is 7.06. The average Bonchev–Trinajstić information content (AvgIpc) is 2.69. The van der Waals surface area contributed by atoms with Gasteiger partial charge in [-0.1, -0.05) is 12.1 Å². The molecule has 88 valence electrons. The van der Waals surface area contributed by atoms with Gasteiger partial charge in [-0.25, -0.2) is 0 Å². The van der Waals surface area contributed by atoms with Gasteiger partial charge in [-0.15, -0.1) is 0 Å². The molecule has 1 atom stereocenters. The summed E-state index contributed by atoms with van der Waals surface area (Å²) in [6.45, 7) is 2.04. The molecule has 1 fully saturated rings. The highest BCUT2D eigenvalue weighted by atomic mass is 32.2. The van der Waals surface area contributed by atoms with Crippen LogP contribution >= 0.6 is 0 Å². The molecule has 1 aromatic carbocycles. The van der Waals surface area contributed by atoms with Gasteiger partial charge in [0, 0.05) is 6.54 Å². The Bertz CT molecular complexity index is 447. The van der Waals surface area contributed by atoms with Gasteiger partial charge < -0.3 is 9.50 Å². The Morgan fingerprint density at radius 2 is 2.00 bits per heavy atom. The summed E-state index contributed by atoms with van der Waals surface area (Å²) >= 11 is 0. The zero-order chi connectivity index (χ0) is 11.6. The second-order valence-corrected chi connectivity index (χ2v) is 5.62. The predicted molar refractivity (Wildman–Crippen MR) is 62.1 cm³/mol. The molecule has 0 bridgehead atoms. The van der Waals surface area contributed by atoms with E-state index in [1.807, 2.05) is 12.1 Å². The maximum Gasteiger partial charge on any atom is 0.306 e. The van der Waals surface area contributed by atoms with Crippen molar-refractivity contribution >= 4 is 10.1 Å². The first kappa shape index (κ1) is 11.4. The monoisotopic (exact) mass is 241 g/mol. The van der Waals surface area contributed by atoms with E-state index < -0.39 is 10.1 Å². The molecular formula is C11H15NO3S. The van der Waals surface area contributed by atoms with E-state index in [1.54, 1.807) is 12.1 Å². The Hall–Kier alpha value is -1.07. The van der Waals surface area contributed by atoms with Crippen molar-refractivity contribution in [1.29, 1.82) is 0 Å². The lowest BCUT2D eigenvalue weighted by atomic mass is 9.99. The van der Waals surface area contributed by atoms with Crippen LogP contribution in [0.5, 0.6) is 5.75 Å². The fraction of sp³-hybridized carbons (Fsp3) is 0.455. The highest BCUT2D eigenvalue weighted by molar-refractivity contribution is 7.86.